The van der Waals surface area contributed by atoms with Crippen LogP contribution in [0.15, 0.2) is 48.7 Å². The molecule has 3 heteroatoms. The van der Waals surface area contributed by atoms with E-state index < -0.39 is 0 Å². The van der Waals surface area contributed by atoms with Gasteiger partial charge in [-0.05, 0) is 29.7 Å². The Bertz CT molecular complexity index is 440. The lowest BCUT2D eigenvalue weighted by atomic mass is 10.1. The number of anilines is 1. The lowest BCUT2D eigenvalue weighted by Crippen LogP contribution is -2.05. The van der Waals surface area contributed by atoms with Crippen LogP contribution in [0.5, 0.6) is 0 Å². The van der Waals surface area contributed by atoms with E-state index in [9.17, 15) is 0 Å². The number of nitrogens with zero attached hydrogens (tertiary/aromatic N) is 1. The van der Waals surface area contributed by atoms with Crippen LogP contribution in [0.1, 0.15) is 11.1 Å². The summed E-state index contributed by atoms with van der Waals surface area (Å²) in [4.78, 5) is 4.19. The summed E-state index contributed by atoms with van der Waals surface area (Å²) in [6, 6.07) is 13.8. The van der Waals surface area contributed by atoms with Gasteiger partial charge in [-0.2, -0.15) is 0 Å². The Balaban J connectivity index is 1.82. The number of nitrogens with one attached hydrogen (secondary N) is 1. The Labute approximate surface area is 101 Å². The number of aliphatic hydroxyl groups excluding tert-OH is 1. The normalized spacial score (nSPS) is 10.2. The van der Waals surface area contributed by atoms with Crippen LogP contribution in [0.2, 0.25) is 0 Å². The predicted molar refractivity (Wildman–Crippen MR) is 68.8 cm³/mol. The van der Waals surface area contributed by atoms with E-state index in [-0.39, 0.29) is 6.61 Å². The second-order valence-electron chi connectivity index (χ2n) is 3.87. The number of rotatable bonds is 5. The topological polar surface area (TPSA) is 45.1 Å². The maximum Gasteiger partial charge on any atom is 0.125 e. The monoisotopic (exact) mass is 228 g/mol. The van der Waals surface area contributed by atoms with E-state index in [1.807, 2.05) is 42.5 Å². The maximum atomic E-state index is 8.93. The standard InChI is InChI=1S/C14H16N2O/c17-11-13-6-4-12(5-7-13)8-10-16-14-3-1-2-9-15-14/h1-7,9,17H,8,10-11H2,(H,15,16). The first-order chi connectivity index (χ1) is 8.38. The molecule has 0 amide bonds. The minimum atomic E-state index is 0.104. The second-order valence-corrected chi connectivity index (χ2v) is 3.87. The summed E-state index contributed by atoms with van der Waals surface area (Å²) in [6.07, 6.45) is 2.72. The highest BCUT2D eigenvalue weighted by Gasteiger charge is 1.95. The van der Waals surface area contributed by atoms with Crippen LogP contribution in [0, 0.1) is 0 Å². The first-order valence-electron chi connectivity index (χ1n) is 5.72. The van der Waals surface area contributed by atoms with Gasteiger partial charge in [0.15, 0.2) is 0 Å². The number of hydrogen-bond donors (Lipinski definition) is 2. The van der Waals surface area contributed by atoms with E-state index in [1.165, 1.54) is 5.56 Å². The van der Waals surface area contributed by atoms with Gasteiger partial charge in [0.2, 0.25) is 0 Å². The molecule has 0 spiro atoms. The third-order valence-electron chi connectivity index (χ3n) is 2.59. The van der Waals surface area contributed by atoms with Crippen molar-refractivity contribution in [3.63, 3.8) is 0 Å². The van der Waals surface area contributed by atoms with Gasteiger partial charge in [0.05, 0.1) is 6.61 Å². The molecule has 0 aliphatic rings. The molecule has 88 valence electrons. The molecule has 0 unspecified atom stereocenters. The van der Waals surface area contributed by atoms with Gasteiger partial charge in [0.25, 0.3) is 0 Å². The van der Waals surface area contributed by atoms with Crippen molar-refractivity contribution in [1.82, 2.24) is 4.98 Å². The van der Waals surface area contributed by atoms with Gasteiger partial charge >= 0.3 is 0 Å². The fraction of sp³-hybridized carbons (Fsp3) is 0.214. The Hall–Kier alpha value is -1.87. The zero-order valence-electron chi connectivity index (χ0n) is 9.63. The molecule has 0 saturated heterocycles. The minimum absolute atomic E-state index is 0.104. The first-order valence-corrected chi connectivity index (χ1v) is 5.72. The highest BCUT2D eigenvalue weighted by atomic mass is 16.3. The van der Waals surface area contributed by atoms with Gasteiger partial charge in [-0.25, -0.2) is 4.98 Å². The Morgan fingerprint density at radius 3 is 2.41 bits per heavy atom. The van der Waals surface area contributed by atoms with Crippen molar-refractivity contribution in [2.24, 2.45) is 0 Å². The van der Waals surface area contributed by atoms with Crippen molar-refractivity contribution in [2.45, 2.75) is 13.0 Å². The SMILES string of the molecule is OCc1ccc(CCNc2ccccn2)cc1. The third kappa shape index (κ3) is 3.57. The second kappa shape index (κ2) is 6.01. The molecule has 0 aliphatic carbocycles. The molecule has 0 radical (unpaired) electrons. The number of aliphatic hydroxyl groups is 1. The summed E-state index contributed by atoms with van der Waals surface area (Å²) in [5.41, 5.74) is 2.21. The van der Waals surface area contributed by atoms with Crippen LogP contribution >= 0.6 is 0 Å². The largest absolute Gasteiger partial charge is 0.392 e. The summed E-state index contributed by atoms with van der Waals surface area (Å²) in [7, 11) is 0. The van der Waals surface area contributed by atoms with E-state index in [2.05, 4.69) is 10.3 Å². The van der Waals surface area contributed by atoms with Crippen LogP contribution in [-0.4, -0.2) is 16.6 Å². The number of aromatic nitrogens is 1. The molecule has 0 aliphatic heterocycles. The van der Waals surface area contributed by atoms with Crippen molar-refractivity contribution in [1.29, 1.82) is 0 Å². The van der Waals surface area contributed by atoms with Crippen molar-refractivity contribution >= 4 is 5.82 Å². The van der Waals surface area contributed by atoms with Crippen molar-refractivity contribution in [3.05, 3.63) is 59.8 Å². The molecule has 0 fully saturated rings. The van der Waals surface area contributed by atoms with Gasteiger partial charge in [-0.1, -0.05) is 30.3 Å². The molecule has 3 nitrogen and oxygen atoms in total. The van der Waals surface area contributed by atoms with Crippen molar-refractivity contribution in [3.8, 4) is 0 Å². The predicted octanol–water partition coefficient (Wildman–Crippen LogP) is 2.23. The fourth-order valence-corrected chi connectivity index (χ4v) is 1.61. The first kappa shape index (κ1) is 11.6. The molecule has 0 bridgehead atoms. The minimum Gasteiger partial charge on any atom is -0.392 e. The van der Waals surface area contributed by atoms with E-state index in [1.54, 1.807) is 6.20 Å². The lowest BCUT2D eigenvalue weighted by molar-refractivity contribution is 0.282. The zero-order valence-corrected chi connectivity index (χ0v) is 9.63. The Morgan fingerprint density at radius 1 is 1.00 bits per heavy atom. The molecule has 2 rings (SSSR count). The summed E-state index contributed by atoms with van der Waals surface area (Å²) < 4.78 is 0. The quantitative estimate of drug-likeness (QED) is 0.825. The van der Waals surface area contributed by atoms with Crippen LogP contribution in [0.3, 0.4) is 0 Å². The van der Waals surface area contributed by atoms with Crippen molar-refractivity contribution in [2.75, 3.05) is 11.9 Å². The molecule has 2 N–H and O–H groups in total. The van der Waals surface area contributed by atoms with Crippen LogP contribution in [-0.2, 0) is 13.0 Å². The third-order valence-corrected chi connectivity index (χ3v) is 2.59. The Morgan fingerprint density at radius 2 is 1.76 bits per heavy atom. The molecule has 1 aromatic heterocycles. The summed E-state index contributed by atoms with van der Waals surface area (Å²) in [6.45, 7) is 0.960. The van der Waals surface area contributed by atoms with Crippen molar-refractivity contribution < 1.29 is 5.11 Å². The molecule has 1 heterocycles. The van der Waals surface area contributed by atoms with Crippen LogP contribution in [0.25, 0.3) is 0 Å². The van der Waals surface area contributed by atoms with Crippen LogP contribution in [0.4, 0.5) is 5.82 Å². The average Bonchev–Trinajstić information content (AvgIpc) is 2.41. The number of pyridine rings is 1. The van der Waals surface area contributed by atoms with Crippen LogP contribution < -0.4 is 5.32 Å². The molecular formula is C14H16N2O. The van der Waals surface area contributed by atoms with Gasteiger partial charge < -0.3 is 10.4 Å². The lowest BCUT2D eigenvalue weighted by Gasteiger charge is -2.05. The van der Waals surface area contributed by atoms with E-state index in [4.69, 9.17) is 5.11 Å². The van der Waals surface area contributed by atoms with E-state index >= 15 is 0 Å². The molecule has 17 heavy (non-hydrogen) atoms. The zero-order chi connectivity index (χ0) is 11.9. The smallest absolute Gasteiger partial charge is 0.125 e. The molecular weight excluding hydrogens is 212 g/mol. The highest BCUT2D eigenvalue weighted by Crippen LogP contribution is 2.06. The van der Waals surface area contributed by atoms with E-state index in [0.29, 0.717) is 0 Å². The highest BCUT2D eigenvalue weighted by molar-refractivity contribution is 5.33. The number of hydrogen-bond acceptors (Lipinski definition) is 3. The Kier molecular flexibility index (Phi) is 4.11. The van der Waals surface area contributed by atoms with E-state index in [0.717, 1.165) is 24.3 Å². The fourth-order valence-electron chi connectivity index (χ4n) is 1.61. The average molecular weight is 228 g/mol. The summed E-state index contributed by atoms with van der Waals surface area (Å²) in [5, 5.41) is 12.2. The number of benzene rings is 1. The van der Waals surface area contributed by atoms with Gasteiger partial charge in [0.1, 0.15) is 5.82 Å². The maximum absolute atomic E-state index is 8.93. The molecule has 2 aromatic rings. The van der Waals surface area contributed by atoms with Gasteiger partial charge in [0, 0.05) is 12.7 Å². The summed E-state index contributed by atoms with van der Waals surface area (Å²) in [5.74, 6) is 0.902. The van der Waals surface area contributed by atoms with Gasteiger partial charge in [-0.15, -0.1) is 0 Å². The molecule has 1 aromatic carbocycles. The van der Waals surface area contributed by atoms with Gasteiger partial charge in [-0.3, -0.25) is 0 Å². The molecule has 0 atom stereocenters. The molecule has 0 saturated carbocycles. The summed E-state index contributed by atoms with van der Waals surface area (Å²) >= 11 is 0.